The number of hydrogen-bond acceptors (Lipinski definition) is 3. The van der Waals surface area contributed by atoms with Gasteiger partial charge in [0, 0.05) is 38.6 Å². The van der Waals surface area contributed by atoms with Crippen LogP contribution in [0.25, 0.3) is 0 Å². The Morgan fingerprint density at radius 1 is 1.23 bits per heavy atom. The number of rotatable bonds is 3. The third-order valence-electron chi connectivity index (χ3n) is 4.96. The maximum absolute atomic E-state index is 12.8. The van der Waals surface area contributed by atoms with Gasteiger partial charge in [0.2, 0.25) is 11.8 Å². The van der Waals surface area contributed by atoms with Gasteiger partial charge in [-0.05, 0) is 31.6 Å². The van der Waals surface area contributed by atoms with Crippen molar-refractivity contribution < 1.29 is 9.59 Å². The molecule has 2 amide bonds. The molecule has 2 saturated heterocycles. The summed E-state index contributed by atoms with van der Waals surface area (Å²) in [5.74, 6) is 0.991. The van der Waals surface area contributed by atoms with Crippen molar-refractivity contribution in [3.8, 4) is 0 Å². The van der Waals surface area contributed by atoms with E-state index in [1.807, 2.05) is 16.7 Å². The van der Waals surface area contributed by atoms with E-state index >= 15 is 0 Å². The van der Waals surface area contributed by atoms with Gasteiger partial charge in [0.25, 0.3) is 0 Å². The Morgan fingerprint density at radius 2 is 1.95 bits per heavy atom. The summed E-state index contributed by atoms with van der Waals surface area (Å²) in [6, 6.07) is 0.179. The average molecular weight is 332 g/mol. The summed E-state index contributed by atoms with van der Waals surface area (Å²) >= 11 is 0. The van der Waals surface area contributed by atoms with Crippen LogP contribution < -0.4 is 5.73 Å². The summed E-state index contributed by atoms with van der Waals surface area (Å²) in [7, 11) is 0. The highest BCUT2D eigenvalue weighted by Gasteiger charge is 2.35. The van der Waals surface area contributed by atoms with Crippen molar-refractivity contribution in [2.24, 2.45) is 17.6 Å². The highest BCUT2D eigenvalue weighted by Crippen LogP contribution is 2.26. The van der Waals surface area contributed by atoms with Crippen molar-refractivity contribution in [2.75, 3.05) is 26.2 Å². The van der Waals surface area contributed by atoms with E-state index in [4.69, 9.17) is 5.73 Å². The smallest absolute Gasteiger partial charge is 0.227 e. The third-order valence-corrected chi connectivity index (χ3v) is 4.96. The first kappa shape index (κ1) is 19.2. The fourth-order valence-corrected chi connectivity index (χ4v) is 3.63. The van der Waals surface area contributed by atoms with Gasteiger partial charge in [0.15, 0.2) is 0 Å². The van der Waals surface area contributed by atoms with E-state index in [1.54, 1.807) is 0 Å². The van der Waals surface area contributed by atoms with E-state index in [0.29, 0.717) is 25.4 Å². The van der Waals surface area contributed by atoms with Gasteiger partial charge in [-0.25, -0.2) is 0 Å². The molecule has 0 aliphatic carbocycles. The summed E-state index contributed by atoms with van der Waals surface area (Å²) in [5, 5.41) is 0. The zero-order valence-corrected chi connectivity index (χ0v) is 14.6. The highest BCUT2D eigenvalue weighted by atomic mass is 35.5. The van der Waals surface area contributed by atoms with E-state index in [1.165, 1.54) is 0 Å². The SMILES string of the molecule is CCC(=O)N1CCCC(C(=O)N2CCC(C)CC2CN)C1.Cl. The molecule has 128 valence electrons. The lowest BCUT2D eigenvalue weighted by Crippen LogP contribution is -2.54. The highest BCUT2D eigenvalue weighted by molar-refractivity contribution is 5.85. The van der Waals surface area contributed by atoms with Crippen LogP contribution in [-0.4, -0.2) is 53.8 Å². The van der Waals surface area contributed by atoms with Crippen LogP contribution in [-0.2, 0) is 9.59 Å². The molecule has 2 rings (SSSR count). The number of likely N-dealkylation sites (tertiary alicyclic amines) is 2. The van der Waals surface area contributed by atoms with Crippen molar-refractivity contribution in [1.82, 2.24) is 9.80 Å². The number of nitrogens with zero attached hydrogens (tertiary/aromatic N) is 2. The summed E-state index contributed by atoms with van der Waals surface area (Å²) in [4.78, 5) is 28.5. The maximum Gasteiger partial charge on any atom is 0.227 e. The van der Waals surface area contributed by atoms with Crippen molar-refractivity contribution in [3.05, 3.63) is 0 Å². The number of carbonyl (C=O) groups excluding carboxylic acids is 2. The number of hydrogen-bond donors (Lipinski definition) is 1. The molecule has 2 heterocycles. The van der Waals surface area contributed by atoms with Gasteiger partial charge in [-0.1, -0.05) is 13.8 Å². The monoisotopic (exact) mass is 331 g/mol. The molecule has 0 saturated carbocycles. The van der Waals surface area contributed by atoms with E-state index < -0.39 is 0 Å². The van der Waals surface area contributed by atoms with Crippen molar-refractivity contribution in [2.45, 2.75) is 52.0 Å². The van der Waals surface area contributed by atoms with Gasteiger partial charge in [-0.2, -0.15) is 0 Å². The number of piperidine rings is 2. The normalized spacial score (nSPS) is 29.0. The maximum atomic E-state index is 12.8. The minimum atomic E-state index is -0.0308. The fourth-order valence-electron chi connectivity index (χ4n) is 3.63. The van der Waals surface area contributed by atoms with Crippen molar-refractivity contribution in [3.63, 3.8) is 0 Å². The van der Waals surface area contributed by atoms with Crippen LogP contribution in [0.1, 0.15) is 46.0 Å². The molecule has 2 fully saturated rings. The minimum absolute atomic E-state index is 0. The second-order valence-corrected chi connectivity index (χ2v) is 6.58. The third kappa shape index (κ3) is 4.35. The standard InChI is InChI=1S/C16H29N3O2.ClH/c1-3-15(20)18-7-4-5-13(11-18)16(21)19-8-6-12(2)9-14(19)10-17;/h12-14H,3-11,17H2,1-2H3;1H. The van der Waals surface area contributed by atoms with Crippen LogP contribution in [0.5, 0.6) is 0 Å². The van der Waals surface area contributed by atoms with E-state index in [-0.39, 0.29) is 36.2 Å². The van der Waals surface area contributed by atoms with Crippen LogP contribution in [0.15, 0.2) is 0 Å². The first-order valence-electron chi connectivity index (χ1n) is 8.35. The molecule has 6 heteroatoms. The topological polar surface area (TPSA) is 66.6 Å². The van der Waals surface area contributed by atoms with Crippen molar-refractivity contribution >= 4 is 24.2 Å². The Hall–Kier alpha value is -0.810. The summed E-state index contributed by atoms with van der Waals surface area (Å²) in [5.41, 5.74) is 5.86. The molecular formula is C16H30ClN3O2. The largest absolute Gasteiger partial charge is 0.342 e. The van der Waals surface area contributed by atoms with Crippen molar-refractivity contribution in [1.29, 1.82) is 0 Å². The average Bonchev–Trinajstić information content (AvgIpc) is 2.53. The first-order chi connectivity index (χ1) is 10.1. The van der Waals surface area contributed by atoms with Gasteiger partial charge in [-0.15, -0.1) is 12.4 Å². The molecule has 0 aromatic carbocycles. The quantitative estimate of drug-likeness (QED) is 0.855. The molecule has 2 N–H and O–H groups in total. The summed E-state index contributed by atoms with van der Waals surface area (Å²) in [6.45, 7) is 6.86. The van der Waals surface area contributed by atoms with Gasteiger partial charge in [-0.3, -0.25) is 9.59 Å². The summed E-state index contributed by atoms with van der Waals surface area (Å²) < 4.78 is 0. The van der Waals surface area contributed by atoms with E-state index in [2.05, 4.69) is 6.92 Å². The molecule has 3 unspecified atom stereocenters. The zero-order valence-electron chi connectivity index (χ0n) is 13.8. The molecule has 0 bridgehead atoms. The Labute approximate surface area is 140 Å². The molecular weight excluding hydrogens is 302 g/mol. The number of amides is 2. The molecule has 2 aliphatic heterocycles. The lowest BCUT2D eigenvalue weighted by Gasteiger charge is -2.41. The molecule has 0 radical (unpaired) electrons. The molecule has 22 heavy (non-hydrogen) atoms. The van der Waals surface area contributed by atoms with Crippen LogP contribution in [0, 0.1) is 11.8 Å². The molecule has 0 aromatic heterocycles. The summed E-state index contributed by atoms with van der Waals surface area (Å²) in [6.07, 6.45) is 4.42. The molecule has 5 nitrogen and oxygen atoms in total. The van der Waals surface area contributed by atoms with E-state index in [9.17, 15) is 9.59 Å². The van der Waals surface area contributed by atoms with Gasteiger partial charge >= 0.3 is 0 Å². The van der Waals surface area contributed by atoms with Gasteiger partial charge < -0.3 is 15.5 Å². The van der Waals surface area contributed by atoms with Crippen LogP contribution in [0.2, 0.25) is 0 Å². The van der Waals surface area contributed by atoms with Crippen LogP contribution in [0.3, 0.4) is 0 Å². The lowest BCUT2D eigenvalue weighted by atomic mass is 9.89. The Bertz CT molecular complexity index is 392. The molecule has 0 spiro atoms. The number of nitrogens with two attached hydrogens (primary N) is 1. The van der Waals surface area contributed by atoms with E-state index in [0.717, 1.165) is 38.8 Å². The van der Waals surface area contributed by atoms with Crippen LogP contribution in [0.4, 0.5) is 0 Å². The molecule has 2 aliphatic rings. The van der Waals surface area contributed by atoms with Gasteiger partial charge in [0.05, 0.1) is 5.92 Å². The Morgan fingerprint density at radius 3 is 2.59 bits per heavy atom. The Kier molecular flexibility index (Phi) is 7.63. The molecule has 0 aromatic rings. The van der Waals surface area contributed by atoms with Crippen LogP contribution >= 0.6 is 12.4 Å². The number of halogens is 1. The fraction of sp³-hybridized carbons (Fsp3) is 0.875. The zero-order chi connectivity index (χ0) is 15.4. The first-order valence-corrected chi connectivity index (χ1v) is 8.35. The lowest BCUT2D eigenvalue weighted by molar-refractivity contribution is -0.144. The predicted octanol–water partition coefficient (Wildman–Crippen LogP) is 1.64. The Balaban J connectivity index is 0.00000242. The van der Waals surface area contributed by atoms with Gasteiger partial charge in [0.1, 0.15) is 0 Å². The predicted molar refractivity (Wildman–Crippen MR) is 89.8 cm³/mol. The second-order valence-electron chi connectivity index (χ2n) is 6.58. The molecule has 3 atom stereocenters. The minimum Gasteiger partial charge on any atom is -0.342 e. The second kappa shape index (κ2) is 8.73. The number of carbonyl (C=O) groups is 2.